The highest BCUT2D eigenvalue weighted by atomic mass is 19.1. The second-order valence-electron chi connectivity index (χ2n) is 4.51. The summed E-state index contributed by atoms with van der Waals surface area (Å²) in [6.45, 7) is 5.78. The summed E-state index contributed by atoms with van der Waals surface area (Å²) in [5.74, 6) is 0.584. The Labute approximate surface area is 95.8 Å². The summed E-state index contributed by atoms with van der Waals surface area (Å²) in [6, 6.07) is 5.30. The van der Waals surface area contributed by atoms with E-state index in [1.165, 1.54) is 0 Å². The van der Waals surface area contributed by atoms with Gasteiger partial charge in [0.05, 0.1) is 0 Å². The Morgan fingerprint density at radius 2 is 2.25 bits per heavy atom. The van der Waals surface area contributed by atoms with Crippen molar-refractivity contribution in [3.63, 3.8) is 0 Å². The van der Waals surface area contributed by atoms with Crippen LogP contribution >= 0.6 is 0 Å². The molecule has 1 N–H and O–H groups in total. The highest BCUT2D eigenvalue weighted by Gasteiger charge is 2.23. The molecule has 0 bridgehead atoms. The van der Waals surface area contributed by atoms with Gasteiger partial charge in [-0.05, 0) is 31.5 Å². The van der Waals surface area contributed by atoms with E-state index in [-0.39, 0.29) is 11.9 Å². The van der Waals surface area contributed by atoms with Crippen LogP contribution in [0.15, 0.2) is 18.2 Å². The normalized spacial score (nSPS) is 25.4. The van der Waals surface area contributed by atoms with Crippen molar-refractivity contribution >= 4 is 0 Å². The lowest BCUT2D eigenvalue weighted by Crippen LogP contribution is -2.41. The molecular formula is C13H18FNO. The van der Waals surface area contributed by atoms with Crippen LogP contribution in [-0.4, -0.2) is 19.2 Å². The van der Waals surface area contributed by atoms with Gasteiger partial charge in [-0.2, -0.15) is 0 Å². The molecule has 1 aromatic carbocycles. The van der Waals surface area contributed by atoms with Crippen LogP contribution in [0.5, 0.6) is 5.75 Å². The zero-order valence-corrected chi connectivity index (χ0v) is 9.79. The van der Waals surface area contributed by atoms with E-state index in [0.717, 1.165) is 19.5 Å². The number of halogens is 1. The van der Waals surface area contributed by atoms with E-state index in [0.29, 0.717) is 17.2 Å². The van der Waals surface area contributed by atoms with Crippen molar-refractivity contribution in [1.82, 2.24) is 5.32 Å². The number of hydrogen-bond acceptors (Lipinski definition) is 2. The van der Waals surface area contributed by atoms with Crippen LogP contribution in [0, 0.1) is 18.7 Å². The SMILES string of the molecule is Cc1cccc(OC2CCNCC2C)c1F. The van der Waals surface area contributed by atoms with Crippen molar-refractivity contribution in [1.29, 1.82) is 0 Å². The lowest BCUT2D eigenvalue weighted by Gasteiger charge is -2.30. The van der Waals surface area contributed by atoms with E-state index in [1.807, 2.05) is 6.07 Å². The minimum atomic E-state index is -0.228. The fraction of sp³-hybridized carbons (Fsp3) is 0.538. The lowest BCUT2D eigenvalue weighted by atomic mass is 9.98. The Kier molecular flexibility index (Phi) is 3.44. The largest absolute Gasteiger partial charge is 0.487 e. The first kappa shape index (κ1) is 11.4. The maximum atomic E-state index is 13.7. The number of rotatable bonds is 2. The Morgan fingerprint density at radius 1 is 1.44 bits per heavy atom. The van der Waals surface area contributed by atoms with Crippen molar-refractivity contribution in [3.8, 4) is 5.75 Å². The van der Waals surface area contributed by atoms with Crippen molar-refractivity contribution < 1.29 is 9.13 Å². The van der Waals surface area contributed by atoms with E-state index >= 15 is 0 Å². The first-order valence-electron chi connectivity index (χ1n) is 5.81. The van der Waals surface area contributed by atoms with Gasteiger partial charge in [-0.1, -0.05) is 19.1 Å². The number of benzene rings is 1. The molecule has 3 heteroatoms. The summed E-state index contributed by atoms with van der Waals surface area (Å²) in [5.41, 5.74) is 0.638. The summed E-state index contributed by atoms with van der Waals surface area (Å²) in [5, 5.41) is 3.30. The molecule has 1 aromatic rings. The first-order chi connectivity index (χ1) is 7.68. The topological polar surface area (TPSA) is 21.3 Å². The van der Waals surface area contributed by atoms with E-state index in [9.17, 15) is 4.39 Å². The first-order valence-corrected chi connectivity index (χ1v) is 5.81. The summed E-state index contributed by atoms with van der Waals surface area (Å²) in [6.07, 6.45) is 1.06. The Hall–Kier alpha value is -1.09. The summed E-state index contributed by atoms with van der Waals surface area (Å²) in [4.78, 5) is 0. The zero-order valence-electron chi connectivity index (χ0n) is 9.79. The van der Waals surface area contributed by atoms with Gasteiger partial charge in [-0.3, -0.25) is 0 Å². The summed E-state index contributed by atoms with van der Waals surface area (Å²) < 4.78 is 19.5. The number of ether oxygens (including phenoxy) is 1. The van der Waals surface area contributed by atoms with E-state index in [4.69, 9.17) is 4.74 Å². The van der Waals surface area contributed by atoms with Gasteiger partial charge in [0.2, 0.25) is 0 Å². The fourth-order valence-corrected chi connectivity index (χ4v) is 2.04. The molecule has 88 valence electrons. The van der Waals surface area contributed by atoms with Gasteiger partial charge in [-0.25, -0.2) is 4.39 Å². The summed E-state index contributed by atoms with van der Waals surface area (Å²) in [7, 11) is 0. The predicted octanol–water partition coefficient (Wildman–Crippen LogP) is 2.51. The highest BCUT2D eigenvalue weighted by molar-refractivity contribution is 5.30. The van der Waals surface area contributed by atoms with Crippen LogP contribution in [0.2, 0.25) is 0 Å². The zero-order chi connectivity index (χ0) is 11.5. The molecule has 1 saturated heterocycles. The fourth-order valence-electron chi connectivity index (χ4n) is 2.04. The van der Waals surface area contributed by atoms with Crippen LogP contribution in [0.1, 0.15) is 18.9 Å². The number of hydrogen-bond donors (Lipinski definition) is 1. The van der Waals surface area contributed by atoms with Gasteiger partial charge in [0, 0.05) is 12.5 Å². The summed E-state index contributed by atoms with van der Waals surface area (Å²) >= 11 is 0. The van der Waals surface area contributed by atoms with Crippen molar-refractivity contribution in [2.75, 3.05) is 13.1 Å². The van der Waals surface area contributed by atoms with Gasteiger partial charge in [0.15, 0.2) is 11.6 Å². The standard InChI is InChI=1S/C13H18FNO/c1-9-4-3-5-12(13(9)14)16-11-6-7-15-8-10(11)2/h3-5,10-11,15H,6-8H2,1-2H3. The van der Waals surface area contributed by atoms with Crippen molar-refractivity contribution in [3.05, 3.63) is 29.6 Å². The third kappa shape index (κ3) is 2.35. The van der Waals surface area contributed by atoms with Crippen molar-refractivity contribution in [2.24, 2.45) is 5.92 Å². The molecule has 0 amide bonds. The molecule has 1 heterocycles. The molecule has 1 aliphatic rings. The smallest absolute Gasteiger partial charge is 0.167 e. The Morgan fingerprint density at radius 3 is 3.00 bits per heavy atom. The van der Waals surface area contributed by atoms with Gasteiger partial charge in [-0.15, -0.1) is 0 Å². The second-order valence-corrected chi connectivity index (χ2v) is 4.51. The van der Waals surface area contributed by atoms with Crippen LogP contribution in [0.3, 0.4) is 0 Å². The van der Waals surface area contributed by atoms with Gasteiger partial charge in [0.1, 0.15) is 6.10 Å². The maximum absolute atomic E-state index is 13.7. The van der Waals surface area contributed by atoms with Crippen LogP contribution in [0.25, 0.3) is 0 Å². The highest BCUT2D eigenvalue weighted by Crippen LogP contribution is 2.24. The molecule has 2 unspecified atom stereocenters. The molecule has 16 heavy (non-hydrogen) atoms. The van der Waals surface area contributed by atoms with Gasteiger partial charge < -0.3 is 10.1 Å². The average Bonchev–Trinajstić information content (AvgIpc) is 2.28. The van der Waals surface area contributed by atoms with Crippen molar-refractivity contribution in [2.45, 2.75) is 26.4 Å². The number of piperidine rings is 1. The Balaban J connectivity index is 2.10. The quantitative estimate of drug-likeness (QED) is 0.831. The molecule has 0 spiro atoms. The number of aryl methyl sites for hydroxylation is 1. The third-order valence-electron chi connectivity index (χ3n) is 3.14. The molecule has 0 aliphatic carbocycles. The third-order valence-corrected chi connectivity index (χ3v) is 3.14. The molecule has 0 saturated carbocycles. The predicted molar refractivity (Wildman–Crippen MR) is 62.2 cm³/mol. The van der Waals surface area contributed by atoms with E-state index in [1.54, 1.807) is 19.1 Å². The number of nitrogens with one attached hydrogen (secondary N) is 1. The van der Waals surface area contributed by atoms with Crippen LogP contribution in [0.4, 0.5) is 4.39 Å². The minimum absolute atomic E-state index is 0.123. The van der Waals surface area contributed by atoms with Crippen LogP contribution < -0.4 is 10.1 Å². The van der Waals surface area contributed by atoms with Gasteiger partial charge >= 0.3 is 0 Å². The molecule has 0 radical (unpaired) electrons. The van der Waals surface area contributed by atoms with E-state index < -0.39 is 0 Å². The van der Waals surface area contributed by atoms with E-state index in [2.05, 4.69) is 12.2 Å². The molecular weight excluding hydrogens is 205 g/mol. The average molecular weight is 223 g/mol. The van der Waals surface area contributed by atoms with Crippen LogP contribution in [-0.2, 0) is 0 Å². The lowest BCUT2D eigenvalue weighted by molar-refractivity contribution is 0.107. The van der Waals surface area contributed by atoms with Gasteiger partial charge in [0.25, 0.3) is 0 Å². The second kappa shape index (κ2) is 4.83. The molecule has 1 aliphatic heterocycles. The molecule has 1 fully saturated rings. The maximum Gasteiger partial charge on any atom is 0.167 e. The minimum Gasteiger partial charge on any atom is -0.487 e. The molecule has 0 aromatic heterocycles. The molecule has 2 atom stereocenters. The molecule has 2 rings (SSSR count). The monoisotopic (exact) mass is 223 g/mol. The molecule has 2 nitrogen and oxygen atoms in total. The Bertz CT molecular complexity index is 367.